The summed E-state index contributed by atoms with van der Waals surface area (Å²) in [7, 11) is 0. The van der Waals surface area contributed by atoms with E-state index in [1.165, 1.54) is 5.56 Å². The third-order valence-corrected chi connectivity index (χ3v) is 3.51. The minimum absolute atomic E-state index is 0.146. The first-order valence-electron chi connectivity index (χ1n) is 5.57. The highest BCUT2D eigenvalue weighted by atomic mass is 32.1. The number of thiazole rings is 1. The number of aromatic nitrogens is 1. The van der Waals surface area contributed by atoms with Gasteiger partial charge >= 0.3 is 0 Å². The molecule has 3 heteroatoms. The van der Waals surface area contributed by atoms with E-state index in [2.05, 4.69) is 4.98 Å². The molecule has 1 heterocycles. The molecular formula is C14H15NOS. The number of nitrogens with zero attached hydrogens (tertiary/aromatic N) is 1. The van der Waals surface area contributed by atoms with E-state index >= 15 is 0 Å². The highest BCUT2D eigenvalue weighted by Crippen LogP contribution is 2.15. The third kappa shape index (κ3) is 2.80. The largest absolute Gasteiger partial charge is 0.294 e. The number of Topliss-reactive ketones (excluding diaryl/α,β-unsaturated/α-hetero) is 1. The average Bonchev–Trinajstić information content (AvgIpc) is 2.63. The van der Waals surface area contributed by atoms with Crippen LogP contribution in [-0.2, 0) is 6.42 Å². The lowest BCUT2D eigenvalue weighted by atomic mass is 10.00. The SMILES string of the molecule is Cc1ccc(C(=O)Cc2csc(C)n2)c(C)c1. The minimum Gasteiger partial charge on any atom is -0.294 e. The summed E-state index contributed by atoms with van der Waals surface area (Å²) in [6, 6.07) is 5.93. The zero-order valence-electron chi connectivity index (χ0n) is 10.3. The van der Waals surface area contributed by atoms with Crippen molar-refractivity contribution in [3.8, 4) is 0 Å². The predicted octanol–water partition coefficient (Wildman–Crippen LogP) is 3.49. The van der Waals surface area contributed by atoms with Crippen LogP contribution in [0.2, 0.25) is 0 Å². The topological polar surface area (TPSA) is 30.0 Å². The van der Waals surface area contributed by atoms with E-state index in [9.17, 15) is 4.79 Å². The molecule has 2 aromatic rings. The monoisotopic (exact) mass is 245 g/mol. The van der Waals surface area contributed by atoms with Gasteiger partial charge in [-0.15, -0.1) is 11.3 Å². The standard InChI is InChI=1S/C14H15NOS/c1-9-4-5-13(10(2)6-9)14(16)7-12-8-17-11(3)15-12/h4-6,8H,7H2,1-3H3. The van der Waals surface area contributed by atoms with Crippen LogP contribution in [0.1, 0.15) is 32.2 Å². The van der Waals surface area contributed by atoms with E-state index in [-0.39, 0.29) is 5.78 Å². The van der Waals surface area contributed by atoms with Gasteiger partial charge < -0.3 is 0 Å². The number of aryl methyl sites for hydroxylation is 3. The molecule has 0 atom stereocenters. The first kappa shape index (κ1) is 12.0. The van der Waals surface area contributed by atoms with Gasteiger partial charge in [-0.2, -0.15) is 0 Å². The van der Waals surface area contributed by atoms with Crippen LogP contribution in [0.3, 0.4) is 0 Å². The van der Waals surface area contributed by atoms with Crippen molar-refractivity contribution in [2.45, 2.75) is 27.2 Å². The second-order valence-corrected chi connectivity index (χ2v) is 5.34. The van der Waals surface area contributed by atoms with Crippen LogP contribution in [0.4, 0.5) is 0 Å². The molecule has 88 valence electrons. The van der Waals surface area contributed by atoms with Crippen LogP contribution in [0, 0.1) is 20.8 Å². The van der Waals surface area contributed by atoms with Crippen molar-refractivity contribution in [1.29, 1.82) is 0 Å². The summed E-state index contributed by atoms with van der Waals surface area (Å²) in [6.45, 7) is 5.97. The Morgan fingerprint density at radius 1 is 1.29 bits per heavy atom. The van der Waals surface area contributed by atoms with Gasteiger partial charge in [-0.3, -0.25) is 4.79 Å². The molecule has 2 nitrogen and oxygen atoms in total. The molecule has 0 N–H and O–H groups in total. The Balaban J connectivity index is 2.20. The van der Waals surface area contributed by atoms with Crippen molar-refractivity contribution in [1.82, 2.24) is 4.98 Å². The van der Waals surface area contributed by atoms with Gasteiger partial charge in [-0.1, -0.05) is 23.8 Å². The molecule has 0 spiro atoms. The maximum Gasteiger partial charge on any atom is 0.169 e. The fraction of sp³-hybridized carbons (Fsp3) is 0.286. The summed E-state index contributed by atoms with van der Waals surface area (Å²) in [5.74, 6) is 0.146. The Labute approximate surface area is 105 Å². The number of ketones is 1. The molecule has 2 rings (SSSR count). The lowest BCUT2D eigenvalue weighted by Crippen LogP contribution is -2.06. The van der Waals surface area contributed by atoms with Crippen LogP contribution >= 0.6 is 11.3 Å². The van der Waals surface area contributed by atoms with Crippen molar-refractivity contribution in [2.24, 2.45) is 0 Å². The van der Waals surface area contributed by atoms with Gasteiger partial charge in [-0.25, -0.2) is 4.98 Å². The number of benzene rings is 1. The second kappa shape index (κ2) is 4.80. The summed E-state index contributed by atoms with van der Waals surface area (Å²) >= 11 is 1.58. The second-order valence-electron chi connectivity index (χ2n) is 4.28. The van der Waals surface area contributed by atoms with Crippen molar-refractivity contribution in [3.05, 3.63) is 51.0 Å². The molecular weight excluding hydrogens is 230 g/mol. The van der Waals surface area contributed by atoms with Gasteiger partial charge in [0.15, 0.2) is 5.78 Å². The van der Waals surface area contributed by atoms with E-state index in [4.69, 9.17) is 0 Å². The normalized spacial score (nSPS) is 10.5. The zero-order valence-corrected chi connectivity index (χ0v) is 11.1. The maximum absolute atomic E-state index is 12.1. The molecule has 0 fully saturated rings. The van der Waals surface area contributed by atoms with E-state index < -0.39 is 0 Å². The van der Waals surface area contributed by atoms with Crippen LogP contribution in [-0.4, -0.2) is 10.8 Å². The van der Waals surface area contributed by atoms with Crippen LogP contribution < -0.4 is 0 Å². The fourth-order valence-corrected chi connectivity index (χ4v) is 2.49. The third-order valence-electron chi connectivity index (χ3n) is 2.69. The fourth-order valence-electron chi connectivity index (χ4n) is 1.88. The lowest BCUT2D eigenvalue weighted by molar-refractivity contribution is 0.0991. The molecule has 0 bridgehead atoms. The molecule has 0 unspecified atom stereocenters. The first-order valence-corrected chi connectivity index (χ1v) is 6.45. The summed E-state index contributed by atoms with van der Waals surface area (Å²) in [5, 5.41) is 2.96. The molecule has 0 aliphatic rings. The van der Waals surface area contributed by atoms with Gasteiger partial charge in [0.05, 0.1) is 17.1 Å². The summed E-state index contributed by atoms with van der Waals surface area (Å²) in [5.41, 5.74) is 3.91. The smallest absolute Gasteiger partial charge is 0.169 e. The predicted molar refractivity (Wildman–Crippen MR) is 70.8 cm³/mol. The van der Waals surface area contributed by atoms with Gasteiger partial charge in [-0.05, 0) is 26.3 Å². The minimum atomic E-state index is 0.146. The summed E-state index contributed by atoms with van der Waals surface area (Å²) in [4.78, 5) is 16.4. The molecule has 17 heavy (non-hydrogen) atoms. The van der Waals surface area contributed by atoms with Crippen molar-refractivity contribution < 1.29 is 4.79 Å². The number of carbonyl (C=O) groups is 1. The van der Waals surface area contributed by atoms with E-state index in [1.807, 2.05) is 44.4 Å². The van der Waals surface area contributed by atoms with Crippen molar-refractivity contribution in [2.75, 3.05) is 0 Å². The van der Waals surface area contributed by atoms with Gasteiger partial charge in [0.1, 0.15) is 0 Å². The quantitative estimate of drug-likeness (QED) is 0.775. The number of rotatable bonds is 3. The average molecular weight is 245 g/mol. The molecule has 0 aliphatic heterocycles. The Morgan fingerprint density at radius 2 is 2.06 bits per heavy atom. The molecule has 0 radical (unpaired) electrons. The number of hydrogen-bond acceptors (Lipinski definition) is 3. The number of hydrogen-bond donors (Lipinski definition) is 0. The highest BCUT2D eigenvalue weighted by Gasteiger charge is 2.11. The molecule has 0 aliphatic carbocycles. The van der Waals surface area contributed by atoms with Crippen LogP contribution in [0.15, 0.2) is 23.6 Å². The molecule has 0 saturated carbocycles. The molecule has 0 saturated heterocycles. The van der Waals surface area contributed by atoms with E-state index in [0.717, 1.165) is 21.8 Å². The Morgan fingerprint density at radius 3 is 2.65 bits per heavy atom. The Hall–Kier alpha value is -1.48. The van der Waals surface area contributed by atoms with E-state index in [0.29, 0.717) is 6.42 Å². The van der Waals surface area contributed by atoms with Crippen molar-refractivity contribution in [3.63, 3.8) is 0 Å². The summed E-state index contributed by atoms with van der Waals surface area (Å²) < 4.78 is 0. The Kier molecular flexibility index (Phi) is 3.38. The van der Waals surface area contributed by atoms with Crippen molar-refractivity contribution >= 4 is 17.1 Å². The maximum atomic E-state index is 12.1. The highest BCUT2D eigenvalue weighted by molar-refractivity contribution is 7.09. The van der Waals surface area contributed by atoms with Crippen LogP contribution in [0.5, 0.6) is 0 Å². The van der Waals surface area contributed by atoms with Gasteiger partial charge in [0.25, 0.3) is 0 Å². The summed E-state index contributed by atoms with van der Waals surface area (Å²) in [6.07, 6.45) is 0.397. The molecule has 0 amide bonds. The zero-order chi connectivity index (χ0) is 12.4. The molecule has 1 aromatic heterocycles. The van der Waals surface area contributed by atoms with Gasteiger partial charge in [0.2, 0.25) is 0 Å². The lowest BCUT2D eigenvalue weighted by Gasteiger charge is -2.04. The van der Waals surface area contributed by atoms with E-state index in [1.54, 1.807) is 11.3 Å². The molecule has 1 aromatic carbocycles. The van der Waals surface area contributed by atoms with Crippen LogP contribution in [0.25, 0.3) is 0 Å². The van der Waals surface area contributed by atoms with Gasteiger partial charge in [0, 0.05) is 10.9 Å². The number of carbonyl (C=O) groups excluding carboxylic acids is 1. The Bertz CT molecular complexity index is 557. The first-order chi connectivity index (χ1) is 8.06.